The number of hydrogen-bond acceptors (Lipinski definition) is 3. The van der Waals surface area contributed by atoms with Gasteiger partial charge in [-0.2, -0.15) is 0 Å². The standard InChI is InChI=1S/C17H17N3O/c1-12-8-10-14(11-9-12)17(13-6-4-3-5-7-13)15(21)20(2)16(18)19-17/h3-11H,1-2H3,(H2,18,19)/t17-/m0/s1. The van der Waals surface area contributed by atoms with Gasteiger partial charge in [-0.1, -0.05) is 60.2 Å². The minimum Gasteiger partial charge on any atom is -0.369 e. The molecule has 0 spiro atoms. The molecule has 0 saturated heterocycles. The summed E-state index contributed by atoms with van der Waals surface area (Å²) in [6.07, 6.45) is 0. The van der Waals surface area contributed by atoms with Crippen molar-refractivity contribution < 1.29 is 4.79 Å². The topological polar surface area (TPSA) is 58.7 Å². The maximum atomic E-state index is 12.9. The van der Waals surface area contributed by atoms with E-state index in [9.17, 15) is 4.79 Å². The van der Waals surface area contributed by atoms with Crippen molar-refractivity contribution in [3.8, 4) is 0 Å². The molecule has 106 valence electrons. The number of nitrogens with zero attached hydrogens (tertiary/aromatic N) is 2. The van der Waals surface area contributed by atoms with Crippen LogP contribution in [0.5, 0.6) is 0 Å². The molecule has 2 aromatic carbocycles. The number of amides is 1. The molecule has 1 aliphatic heterocycles. The Morgan fingerprint density at radius 1 is 1.00 bits per heavy atom. The van der Waals surface area contributed by atoms with Gasteiger partial charge in [0.1, 0.15) is 0 Å². The van der Waals surface area contributed by atoms with Crippen LogP contribution in [0.2, 0.25) is 0 Å². The Morgan fingerprint density at radius 2 is 1.57 bits per heavy atom. The third-order valence-electron chi connectivity index (χ3n) is 3.90. The van der Waals surface area contributed by atoms with Gasteiger partial charge in [-0.05, 0) is 18.1 Å². The molecule has 1 aliphatic rings. The zero-order valence-electron chi connectivity index (χ0n) is 12.1. The molecule has 0 unspecified atom stereocenters. The Bertz CT molecular complexity index is 707. The van der Waals surface area contributed by atoms with Crippen LogP contribution in [-0.4, -0.2) is 23.8 Å². The molecule has 21 heavy (non-hydrogen) atoms. The van der Waals surface area contributed by atoms with E-state index in [-0.39, 0.29) is 11.9 Å². The fourth-order valence-electron chi connectivity index (χ4n) is 2.66. The summed E-state index contributed by atoms with van der Waals surface area (Å²) in [6.45, 7) is 2.01. The molecular weight excluding hydrogens is 262 g/mol. The molecule has 1 atom stereocenters. The maximum absolute atomic E-state index is 12.9. The number of carbonyl (C=O) groups is 1. The Labute approximate surface area is 123 Å². The minimum absolute atomic E-state index is 0.130. The average molecular weight is 279 g/mol. The number of carbonyl (C=O) groups excluding carboxylic acids is 1. The van der Waals surface area contributed by atoms with Crippen molar-refractivity contribution in [2.75, 3.05) is 7.05 Å². The van der Waals surface area contributed by atoms with E-state index in [0.29, 0.717) is 0 Å². The van der Waals surface area contributed by atoms with E-state index in [1.54, 1.807) is 7.05 Å². The highest BCUT2D eigenvalue weighted by Crippen LogP contribution is 2.39. The average Bonchev–Trinajstić information content (AvgIpc) is 2.74. The van der Waals surface area contributed by atoms with Crippen LogP contribution in [0.3, 0.4) is 0 Å². The number of benzene rings is 2. The molecule has 1 amide bonds. The lowest BCUT2D eigenvalue weighted by atomic mass is 9.82. The summed E-state index contributed by atoms with van der Waals surface area (Å²) in [5, 5.41) is 0. The second-order valence-electron chi connectivity index (χ2n) is 5.28. The molecule has 0 fully saturated rings. The summed E-state index contributed by atoms with van der Waals surface area (Å²) in [4.78, 5) is 18.8. The van der Waals surface area contributed by atoms with Crippen LogP contribution in [0.25, 0.3) is 0 Å². The Morgan fingerprint density at radius 3 is 2.10 bits per heavy atom. The van der Waals surface area contributed by atoms with E-state index in [1.165, 1.54) is 4.90 Å². The molecule has 2 aromatic rings. The van der Waals surface area contributed by atoms with Crippen LogP contribution < -0.4 is 5.73 Å². The third kappa shape index (κ3) is 1.91. The van der Waals surface area contributed by atoms with Crippen LogP contribution in [0.4, 0.5) is 0 Å². The van der Waals surface area contributed by atoms with Crippen molar-refractivity contribution in [1.29, 1.82) is 0 Å². The smallest absolute Gasteiger partial charge is 0.266 e. The van der Waals surface area contributed by atoms with Gasteiger partial charge < -0.3 is 5.73 Å². The van der Waals surface area contributed by atoms with Gasteiger partial charge in [-0.25, -0.2) is 4.99 Å². The number of nitrogens with two attached hydrogens (primary N) is 1. The predicted molar refractivity (Wildman–Crippen MR) is 82.8 cm³/mol. The summed E-state index contributed by atoms with van der Waals surface area (Å²) in [7, 11) is 1.65. The normalized spacial score (nSPS) is 21.5. The largest absolute Gasteiger partial charge is 0.369 e. The highest BCUT2D eigenvalue weighted by atomic mass is 16.2. The van der Waals surface area contributed by atoms with Crippen LogP contribution in [0.15, 0.2) is 59.6 Å². The van der Waals surface area contributed by atoms with Crippen molar-refractivity contribution in [3.63, 3.8) is 0 Å². The van der Waals surface area contributed by atoms with E-state index >= 15 is 0 Å². The van der Waals surface area contributed by atoms with Gasteiger partial charge in [0.25, 0.3) is 5.91 Å². The molecule has 4 nitrogen and oxygen atoms in total. The molecule has 1 heterocycles. The first-order chi connectivity index (χ1) is 10.1. The molecule has 0 aromatic heterocycles. The molecular formula is C17H17N3O. The van der Waals surface area contributed by atoms with Gasteiger partial charge in [-0.3, -0.25) is 9.69 Å². The minimum atomic E-state index is -1.08. The van der Waals surface area contributed by atoms with Crippen LogP contribution in [-0.2, 0) is 10.3 Å². The fourth-order valence-corrected chi connectivity index (χ4v) is 2.66. The zero-order valence-corrected chi connectivity index (χ0v) is 12.1. The van der Waals surface area contributed by atoms with Crippen molar-refractivity contribution in [1.82, 2.24) is 4.90 Å². The first-order valence-electron chi connectivity index (χ1n) is 6.82. The zero-order chi connectivity index (χ0) is 15.0. The highest BCUT2D eigenvalue weighted by molar-refractivity contribution is 6.08. The maximum Gasteiger partial charge on any atom is 0.266 e. The Kier molecular flexibility index (Phi) is 3.01. The fraction of sp³-hybridized carbons (Fsp3) is 0.176. The van der Waals surface area contributed by atoms with Crippen molar-refractivity contribution in [2.45, 2.75) is 12.5 Å². The molecule has 2 N–H and O–H groups in total. The van der Waals surface area contributed by atoms with Gasteiger partial charge in [0.05, 0.1) is 0 Å². The van der Waals surface area contributed by atoms with E-state index in [0.717, 1.165) is 16.7 Å². The summed E-state index contributed by atoms with van der Waals surface area (Å²) >= 11 is 0. The summed E-state index contributed by atoms with van der Waals surface area (Å²) in [6, 6.07) is 17.4. The van der Waals surface area contributed by atoms with E-state index in [1.807, 2.05) is 61.5 Å². The summed E-state index contributed by atoms with van der Waals surface area (Å²) in [5.41, 5.74) is 7.62. The molecule has 3 rings (SSSR count). The molecule has 0 bridgehead atoms. The van der Waals surface area contributed by atoms with Crippen molar-refractivity contribution >= 4 is 11.9 Å². The van der Waals surface area contributed by atoms with Gasteiger partial charge in [-0.15, -0.1) is 0 Å². The van der Waals surface area contributed by atoms with Crippen LogP contribution in [0.1, 0.15) is 16.7 Å². The molecule has 0 saturated carbocycles. The highest BCUT2D eigenvalue weighted by Gasteiger charge is 2.49. The first-order valence-corrected chi connectivity index (χ1v) is 6.82. The van der Waals surface area contributed by atoms with E-state index in [2.05, 4.69) is 4.99 Å². The van der Waals surface area contributed by atoms with Crippen LogP contribution in [0, 0.1) is 6.92 Å². The van der Waals surface area contributed by atoms with E-state index < -0.39 is 5.54 Å². The lowest BCUT2D eigenvalue weighted by Crippen LogP contribution is -2.41. The molecule has 0 aliphatic carbocycles. The predicted octanol–water partition coefficient (Wildman–Crippen LogP) is 2.03. The lowest BCUT2D eigenvalue weighted by Gasteiger charge is -2.26. The number of hydrogen-bond donors (Lipinski definition) is 1. The lowest BCUT2D eigenvalue weighted by molar-refractivity contribution is -0.129. The molecule has 4 heteroatoms. The van der Waals surface area contributed by atoms with Gasteiger partial charge >= 0.3 is 0 Å². The summed E-state index contributed by atoms with van der Waals surface area (Å²) in [5.74, 6) is 0.111. The van der Waals surface area contributed by atoms with E-state index in [4.69, 9.17) is 5.73 Å². The SMILES string of the molecule is Cc1ccc([C@]2(c3ccccc3)N=C(N)N(C)C2=O)cc1. The van der Waals surface area contributed by atoms with Crippen molar-refractivity contribution in [2.24, 2.45) is 10.7 Å². The number of rotatable bonds is 2. The number of aliphatic imine (C=N–C) groups is 1. The molecule has 0 radical (unpaired) electrons. The Balaban J connectivity index is 2.27. The first kappa shape index (κ1) is 13.4. The van der Waals surface area contributed by atoms with Crippen molar-refractivity contribution in [3.05, 3.63) is 71.3 Å². The van der Waals surface area contributed by atoms with Gasteiger partial charge in [0.15, 0.2) is 11.5 Å². The van der Waals surface area contributed by atoms with Crippen LogP contribution >= 0.6 is 0 Å². The second-order valence-corrected chi connectivity index (χ2v) is 5.28. The number of aryl methyl sites for hydroxylation is 1. The third-order valence-corrected chi connectivity index (χ3v) is 3.90. The number of likely N-dealkylation sites (N-methyl/N-ethyl adjacent to an activating group) is 1. The number of guanidine groups is 1. The second kappa shape index (κ2) is 4.74. The summed E-state index contributed by atoms with van der Waals surface area (Å²) < 4.78 is 0. The quantitative estimate of drug-likeness (QED) is 0.914. The monoisotopic (exact) mass is 279 g/mol. The van der Waals surface area contributed by atoms with Gasteiger partial charge in [0, 0.05) is 7.05 Å². The van der Waals surface area contributed by atoms with Gasteiger partial charge in [0.2, 0.25) is 0 Å². The Hall–Kier alpha value is -2.62.